The van der Waals surface area contributed by atoms with Gasteiger partial charge in [0.25, 0.3) is 0 Å². The van der Waals surface area contributed by atoms with E-state index < -0.39 is 0 Å². The van der Waals surface area contributed by atoms with Crippen LogP contribution in [0.1, 0.15) is 0 Å². The Bertz CT molecular complexity index is 438. The van der Waals surface area contributed by atoms with Crippen molar-refractivity contribution in [2.75, 3.05) is 14.2 Å². The standard InChI is InChI=1S/C11H11N2O2/c1-14-10-4-3-8(5-11(10)15-2)9-6-12-13-7-9/h3-6H,1-2H3,(H,12,13). The topological polar surface area (TPSA) is 47.1 Å². The smallest absolute Gasteiger partial charge is 0.161 e. The predicted molar refractivity (Wildman–Crippen MR) is 56.0 cm³/mol. The highest BCUT2D eigenvalue weighted by molar-refractivity contribution is 5.65. The van der Waals surface area contributed by atoms with Crippen LogP contribution in [0.2, 0.25) is 0 Å². The maximum atomic E-state index is 5.21. The van der Waals surface area contributed by atoms with Crippen molar-refractivity contribution in [3.8, 4) is 22.6 Å². The fourth-order valence-corrected chi connectivity index (χ4v) is 1.37. The molecular formula is C11H11N2O2. The average molecular weight is 203 g/mol. The number of hydrogen-bond donors (Lipinski definition) is 1. The summed E-state index contributed by atoms with van der Waals surface area (Å²) < 4.78 is 10.4. The number of ether oxygens (including phenoxy) is 2. The molecule has 0 fully saturated rings. The van der Waals surface area contributed by atoms with Crippen molar-refractivity contribution in [1.82, 2.24) is 10.2 Å². The Morgan fingerprint density at radius 1 is 1.20 bits per heavy atom. The lowest BCUT2D eigenvalue weighted by atomic mass is 10.1. The van der Waals surface area contributed by atoms with Gasteiger partial charge < -0.3 is 9.47 Å². The van der Waals surface area contributed by atoms with E-state index in [2.05, 4.69) is 16.4 Å². The van der Waals surface area contributed by atoms with Gasteiger partial charge in [-0.1, -0.05) is 6.07 Å². The molecule has 4 heteroatoms. The fourth-order valence-electron chi connectivity index (χ4n) is 1.37. The van der Waals surface area contributed by atoms with Gasteiger partial charge in [0.15, 0.2) is 11.5 Å². The van der Waals surface area contributed by atoms with Crippen LogP contribution >= 0.6 is 0 Å². The first kappa shape index (κ1) is 9.58. The molecule has 1 N–H and O–H groups in total. The summed E-state index contributed by atoms with van der Waals surface area (Å²) in [7, 11) is 3.22. The summed E-state index contributed by atoms with van der Waals surface area (Å²) >= 11 is 0. The van der Waals surface area contributed by atoms with Crippen LogP contribution in [0.5, 0.6) is 11.5 Å². The van der Waals surface area contributed by atoms with Crippen LogP contribution in [0.4, 0.5) is 0 Å². The van der Waals surface area contributed by atoms with Gasteiger partial charge in [0.1, 0.15) is 0 Å². The van der Waals surface area contributed by atoms with Gasteiger partial charge in [-0.3, -0.25) is 5.10 Å². The molecule has 0 amide bonds. The third-order valence-corrected chi connectivity index (χ3v) is 2.14. The zero-order chi connectivity index (χ0) is 10.7. The maximum absolute atomic E-state index is 5.21. The first-order valence-corrected chi connectivity index (χ1v) is 4.48. The van der Waals surface area contributed by atoms with E-state index in [-0.39, 0.29) is 0 Å². The number of benzene rings is 1. The van der Waals surface area contributed by atoms with Crippen molar-refractivity contribution >= 4 is 0 Å². The van der Waals surface area contributed by atoms with Crippen molar-refractivity contribution in [3.63, 3.8) is 0 Å². The third-order valence-electron chi connectivity index (χ3n) is 2.14. The molecule has 2 rings (SSSR count). The summed E-state index contributed by atoms with van der Waals surface area (Å²) in [5, 5.41) is 6.49. The maximum Gasteiger partial charge on any atom is 0.161 e. The van der Waals surface area contributed by atoms with Crippen LogP contribution < -0.4 is 9.47 Å². The van der Waals surface area contributed by atoms with Gasteiger partial charge in [-0.25, -0.2) is 0 Å². The highest BCUT2D eigenvalue weighted by Gasteiger charge is 2.06. The molecule has 2 aromatic rings. The second kappa shape index (κ2) is 4.04. The first-order valence-electron chi connectivity index (χ1n) is 4.48. The second-order valence-electron chi connectivity index (χ2n) is 2.98. The molecule has 0 saturated heterocycles. The van der Waals surface area contributed by atoms with Gasteiger partial charge in [-0.05, 0) is 17.7 Å². The normalized spacial score (nSPS) is 10.0. The number of aromatic nitrogens is 2. The van der Waals surface area contributed by atoms with Crippen LogP contribution in [-0.2, 0) is 0 Å². The fraction of sp³-hybridized carbons (Fsp3) is 0.182. The quantitative estimate of drug-likeness (QED) is 0.828. The Morgan fingerprint density at radius 2 is 2.00 bits per heavy atom. The Hall–Kier alpha value is -1.97. The Balaban J connectivity index is 2.43. The molecule has 0 aliphatic rings. The Morgan fingerprint density at radius 3 is 2.60 bits per heavy atom. The molecule has 1 aromatic heterocycles. The predicted octanol–water partition coefficient (Wildman–Crippen LogP) is 1.89. The number of methoxy groups -OCH3 is 2. The molecule has 1 radical (unpaired) electrons. The highest BCUT2D eigenvalue weighted by atomic mass is 16.5. The minimum Gasteiger partial charge on any atom is -0.493 e. The van der Waals surface area contributed by atoms with E-state index in [1.807, 2.05) is 18.2 Å². The van der Waals surface area contributed by atoms with E-state index in [9.17, 15) is 0 Å². The highest BCUT2D eigenvalue weighted by Crippen LogP contribution is 2.31. The summed E-state index contributed by atoms with van der Waals surface area (Å²) in [6, 6.07) is 5.68. The molecule has 0 bridgehead atoms. The third kappa shape index (κ3) is 1.79. The van der Waals surface area contributed by atoms with E-state index in [4.69, 9.17) is 9.47 Å². The molecule has 77 valence electrons. The van der Waals surface area contributed by atoms with Crippen LogP contribution in [-0.4, -0.2) is 24.4 Å². The van der Waals surface area contributed by atoms with Gasteiger partial charge in [0, 0.05) is 5.56 Å². The minimum absolute atomic E-state index is 0.699. The van der Waals surface area contributed by atoms with Gasteiger partial charge in [-0.15, -0.1) is 0 Å². The van der Waals surface area contributed by atoms with E-state index in [1.165, 1.54) is 0 Å². The van der Waals surface area contributed by atoms with Gasteiger partial charge in [0.2, 0.25) is 0 Å². The average Bonchev–Trinajstić information content (AvgIpc) is 2.81. The van der Waals surface area contributed by atoms with Gasteiger partial charge >= 0.3 is 0 Å². The zero-order valence-corrected chi connectivity index (χ0v) is 8.57. The molecular weight excluding hydrogens is 192 g/mol. The van der Waals surface area contributed by atoms with Crippen LogP contribution in [0.25, 0.3) is 11.1 Å². The van der Waals surface area contributed by atoms with Crippen molar-refractivity contribution in [2.45, 2.75) is 0 Å². The monoisotopic (exact) mass is 203 g/mol. The summed E-state index contributed by atoms with van der Waals surface area (Å²) in [6.45, 7) is 0. The molecule has 0 aliphatic heterocycles. The minimum atomic E-state index is 0.699. The lowest BCUT2D eigenvalue weighted by molar-refractivity contribution is 0.355. The van der Waals surface area contributed by atoms with Crippen molar-refractivity contribution in [3.05, 3.63) is 30.6 Å². The number of aromatic amines is 1. The molecule has 4 nitrogen and oxygen atoms in total. The Kier molecular flexibility index (Phi) is 2.58. The summed E-state index contributed by atoms with van der Waals surface area (Å²) in [5.74, 6) is 1.41. The van der Waals surface area contributed by atoms with E-state index >= 15 is 0 Å². The van der Waals surface area contributed by atoms with Crippen molar-refractivity contribution < 1.29 is 9.47 Å². The van der Waals surface area contributed by atoms with E-state index in [0.717, 1.165) is 11.1 Å². The molecule has 0 saturated carbocycles. The van der Waals surface area contributed by atoms with Crippen molar-refractivity contribution in [2.24, 2.45) is 0 Å². The van der Waals surface area contributed by atoms with Gasteiger partial charge in [0.05, 0.1) is 26.6 Å². The second-order valence-corrected chi connectivity index (χ2v) is 2.98. The number of rotatable bonds is 3. The summed E-state index contributed by atoms with van der Waals surface area (Å²) in [5.41, 5.74) is 1.89. The largest absolute Gasteiger partial charge is 0.493 e. The number of nitrogens with zero attached hydrogens (tertiary/aromatic N) is 1. The molecule has 0 spiro atoms. The van der Waals surface area contributed by atoms with E-state index in [1.54, 1.807) is 20.4 Å². The van der Waals surface area contributed by atoms with Crippen LogP contribution in [0, 0.1) is 6.20 Å². The zero-order valence-electron chi connectivity index (χ0n) is 8.57. The Labute approximate surface area is 87.8 Å². The van der Waals surface area contributed by atoms with E-state index in [0.29, 0.717) is 11.5 Å². The molecule has 1 aromatic carbocycles. The number of hydrogen-bond acceptors (Lipinski definition) is 3. The molecule has 0 aliphatic carbocycles. The molecule has 1 heterocycles. The molecule has 0 unspecified atom stereocenters. The number of nitrogens with one attached hydrogen (secondary N) is 1. The lowest BCUT2D eigenvalue weighted by Gasteiger charge is -2.08. The van der Waals surface area contributed by atoms with Crippen molar-refractivity contribution in [1.29, 1.82) is 0 Å². The van der Waals surface area contributed by atoms with Crippen LogP contribution in [0.15, 0.2) is 24.4 Å². The summed E-state index contributed by atoms with van der Waals surface area (Å²) in [6.07, 6.45) is 4.62. The lowest BCUT2D eigenvalue weighted by Crippen LogP contribution is -1.90. The van der Waals surface area contributed by atoms with Crippen LogP contribution in [0.3, 0.4) is 0 Å². The number of H-pyrrole nitrogens is 1. The SMILES string of the molecule is COc1ccc(-c2[c][nH]nc2)cc1OC. The summed E-state index contributed by atoms with van der Waals surface area (Å²) in [4.78, 5) is 0. The molecule has 0 atom stereocenters. The molecule has 15 heavy (non-hydrogen) atoms. The first-order chi connectivity index (χ1) is 7.35. The van der Waals surface area contributed by atoms with Gasteiger partial charge in [-0.2, -0.15) is 5.10 Å².